The maximum atomic E-state index is 9.55. The number of nitrogens with one attached hydrogen (secondary N) is 1. The predicted octanol–water partition coefficient (Wildman–Crippen LogP) is 3.04. The molecule has 0 bridgehead atoms. The van der Waals surface area contributed by atoms with Gasteiger partial charge in [0.2, 0.25) is 0 Å². The number of carboxylic acid groups (broad SMARTS) is 4. The largest absolute Gasteiger partial charge is 0.478 e. The molecule has 4 rings (SSSR count). The van der Waals surface area contributed by atoms with Crippen molar-refractivity contribution in [2.24, 2.45) is 0 Å². The Morgan fingerprint density at radius 3 is 1.74 bits per heavy atom. The fourth-order valence-electron chi connectivity index (χ4n) is 3.47. The van der Waals surface area contributed by atoms with Gasteiger partial charge in [0, 0.05) is 55.9 Å². The Morgan fingerprint density at radius 1 is 0.769 bits per heavy atom. The number of para-hydroxylation sites is 1. The molecule has 0 spiro atoms. The lowest BCUT2D eigenvalue weighted by Crippen LogP contribution is -2.43. The number of aromatic nitrogens is 1. The van der Waals surface area contributed by atoms with Crippen LogP contribution in [-0.4, -0.2) is 75.5 Å². The van der Waals surface area contributed by atoms with Crippen LogP contribution in [0, 0.1) is 6.92 Å². The SMILES string of the molecule is Cc1ccc(-c2cc(N3CCNCC3)nc3ccccc23)cc1.O=C(O)/C=C\C(=O)O.O=C(O)/C=C\C(=O)O. The van der Waals surface area contributed by atoms with Crippen LogP contribution in [-0.2, 0) is 19.2 Å². The fraction of sp³-hybridized carbons (Fsp3) is 0.179. The number of rotatable bonds is 6. The summed E-state index contributed by atoms with van der Waals surface area (Å²) in [5.74, 6) is -3.94. The zero-order valence-corrected chi connectivity index (χ0v) is 21.2. The summed E-state index contributed by atoms with van der Waals surface area (Å²) in [5, 5.41) is 35.9. The zero-order chi connectivity index (χ0) is 28.8. The molecule has 0 unspecified atom stereocenters. The van der Waals surface area contributed by atoms with E-state index in [1.807, 2.05) is 0 Å². The number of aliphatic carboxylic acids is 4. The number of fused-ring (bicyclic) bond motifs is 1. The first-order chi connectivity index (χ1) is 18.6. The molecule has 11 nitrogen and oxygen atoms in total. The van der Waals surface area contributed by atoms with E-state index in [9.17, 15) is 19.2 Å². The van der Waals surface area contributed by atoms with Crippen LogP contribution in [0.15, 0.2) is 78.9 Å². The van der Waals surface area contributed by atoms with Crippen LogP contribution in [0.2, 0.25) is 0 Å². The second-order valence-electron chi connectivity index (χ2n) is 8.17. The van der Waals surface area contributed by atoms with Gasteiger partial charge >= 0.3 is 23.9 Å². The van der Waals surface area contributed by atoms with Gasteiger partial charge in [0.05, 0.1) is 5.52 Å². The van der Waals surface area contributed by atoms with Crippen LogP contribution >= 0.6 is 0 Å². The van der Waals surface area contributed by atoms with Gasteiger partial charge in [-0.25, -0.2) is 24.2 Å². The number of nitrogens with zero attached hydrogens (tertiary/aromatic N) is 2. The summed E-state index contributed by atoms with van der Waals surface area (Å²) in [7, 11) is 0. The van der Waals surface area contributed by atoms with Crippen LogP contribution < -0.4 is 10.2 Å². The van der Waals surface area contributed by atoms with Gasteiger partial charge in [0.15, 0.2) is 0 Å². The molecule has 1 fully saturated rings. The lowest BCUT2D eigenvalue weighted by atomic mass is 10.00. The van der Waals surface area contributed by atoms with E-state index in [-0.39, 0.29) is 0 Å². The molecule has 204 valence electrons. The highest BCUT2D eigenvalue weighted by Crippen LogP contribution is 2.31. The molecule has 1 saturated heterocycles. The molecule has 1 aromatic heterocycles. The van der Waals surface area contributed by atoms with E-state index in [1.165, 1.54) is 22.1 Å². The Kier molecular flexibility index (Phi) is 11.8. The Morgan fingerprint density at radius 2 is 1.26 bits per heavy atom. The molecule has 3 aromatic rings. The van der Waals surface area contributed by atoms with Gasteiger partial charge in [0.25, 0.3) is 0 Å². The average molecular weight is 536 g/mol. The number of carboxylic acids is 4. The molecule has 0 saturated carbocycles. The van der Waals surface area contributed by atoms with E-state index in [2.05, 4.69) is 71.7 Å². The van der Waals surface area contributed by atoms with Crippen molar-refractivity contribution in [3.05, 3.63) is 84.5 Å². The molecule has 1 aliphatic rings. The standard InChI is InChI=1S/C20H21N3.2C4H4O4/c1-15-6-8-16(9-7-15)18-14-20(23-12-10-21-11-13-23)22-19-5-3-2-4-17(18)19;2*5-3(6)1-2-4(7)8/h2-9,14,21H,10-13H2,1H3;2*1-2H,(H,5,6)(H,7,8)/b;2*2-1-. The highest BCUT2D eigenvalue weighted by molar-refractivity contribution is 5.96. The van der Waals surface area contributed by atoms with Gasteiger partial charge in [-0.3, -0.25) is 0 Å². The maximum Gasteiger partial charge on any atom is 0.328 e. The Bertz CT molecular complexity index is 1290. The van der Waals surface area contributed by atoms with E-state index in [0.717, 1.165) is 37.5 Å². The summed E-state index contributed by atoms with van der Waals surface area (Å²) < 4.78 is 0. The van der Waals surface area contributed by atoms with Crippen LogP contribution in [0.3, 0.4) is 0 Å². The minimum atomic E-state index is -1.26. The first-order valence-corrected chi connectivity index (χ1v) is 11.8. The molecule has 0 atom stereocenters. The molecule has 2 aromatic carbocycles. The lowest BCUT2D eigenvalue weighted by Gasteiger charge is -2.29. The first-order valence-electron chi connectivity index (χ1n) is 11.8. The van der Waals surface area contributed by atoms with Gasteiger partial charge in [-0.1, -0.05) is 48.0 Å². The monoisotopic (exact) mass is 535 g/mol. The third-order valence-corrected chi connectivity index (χ3v) is 5.24. The van der Waals surface area contributed by atoms with Gasteiger partial charge in [-0.05, 0) is 30.2 Å². The number of pyridine rings is 1. The van der Waals surface area contributed by atoms with Crippen molar-refractivity contribution >= 4 is 40.6 Å². The van der Waals surface area contributed by atoms with Crippen molar-refractivity contribution in [1.82, 2.24) is 10.3 Å². The van der Waals surface area contributed by atoms with Gasteiger partial charge in [-0.2, -0.15) is 0 Å². The summed E-state index contributed by atoms with van der Waals surface area (Å²) in [6.45, 7) is 6.20. The highest BCUT2D eigenvalue weighted by atomic mass is 16.4. The minimum Gasteiger partial charge on any atom is -0.478 e. The van der Waals surface area contributed by atoms with Crippen molar-refractivity contribution < 1.29 is 39.6 Å². The number of piperazine rings is 1. The Labute approximate surface area is 224 Å². The van der Waals surface area contributed by atoms with E-state index < -0.39 is 23.9 Å². The van der Waals surface area contributed by atoms with E-state index >= 15 is 0 Å². The number of carbonyl (C=O) groups is 4. The number of hydrogen-bond donors (Lipinski definition) is 5. The summed E-state index contributed by atoms with van der Waals surface area (Å²) in [6.07, 6.45) is 2.23. The van der Waals surface area contributed by atoms with Crippen molar-refractivity contribution in [2.45, 2.75) is 6.92 Å². The first kappa shape index (κ1) is 30.2. The van der Waals surface area contributed by atoms with Gasteiger partial charge < -0.3 is 30.6 Å². The van der Waals surface area contributed by atoms with Crippen molar-refractivity contribution in [1.29, 1.82) is 0 Å². The van der Waals surface area contributed by atoms with E-state index in [1.54, 1.807) is 0 Å². The number of benzene rings is 2. The summed E-state index contributed by atoms with van der Waals surface area (Å²) in [6, 6.07) is 19.4. The molecule has 0 radical (unpaired) electrons. The van der Waals surface area contributed by atoms with Crippen LogP contribution in [0.1, 0.15) is 5.56 Å². The molecule has 5 N–H and O–H groups in total. The molecular formula is C28H29N3O8. The zero-order valence-electron chi connectivity index (χ0n) is 21.2. The number of aryl methyl sites for hydroxylation is 1. The quantitative estimate of drug-likeness (QED) is 0.293. The molecule has 11 heteroatoms. The fourth-order valence-corrected chi connectivity index (χ4v) is 3.47. The molecule has 39 heavy (non-hydrogen) atoms. The lowest BCUT2D eigenvalue weighted by molar-refractivity contribution is -0.134. The van der Waals surface area contributed by atoms with E-state index in [0.29, 0.717) is 24.3 Å². The maximum absolute atomic E-state index is 9.55. The third-order valence-electron chi connectivity index (χ3n) is 5.24. The normalized spacial score (nSPS) is 12.8. The molecular weight excluding hydrogens is 506 g/mol. The molecule has 2 heterocycles. The Balaban J connectivity index is 0.000000277. The summed E-state index contributed by atoms with van der Waals surface area (Å²) in [4.78, 5) is 45.5. The topological polar surface area (TPSA) is 177 Å². The number of hydrogen-bond acceptors (Lipinski definition) is 7. The van der Waals surface area contributed by atoms with Crippen LogP contribution in [0.5, 0.6) is 0 Å². The number of anilines is 1. The third kappa shape index (κ3) is 10.9. The van der Waals surface area contributed by atoms with Crippen molar-refractivity contribution in [3.63, 3.8) is 0 Å². The smallest absolute Gasteiger partial charge is 0.328 e. The minimum absolute atomic E-state index is 0.558. The molecule has 0 amide bonds. The summed E-state index contributed by atoms with van der Waals surface area (Å²) >= 11 is 0. The summed E-state index contributed by atoms with van der Waals surface area (Å²) in [5.41, 5.74) is 4.88. The van der Waals surface area contributed by atoms with Crippen molar-refractivity contribution in [3.8, 4) is 11.1 Å². The molecule has 1 aliphatic heterocycles. The van der Waals surface area contributed by atoms with Crippen molar-refractivity contribution in [2.75, 3.05) is 31.1 Å². The average Bonchev–Trinajstić information content (AvgIpc) is 2.92. The molecule has 0 aliphatic carbocycles. The second-order valence-corrected chi connectivity index (χ2v) is 8.17. The van der Waals surface area contributed by atoms with Crippen LogP contribution in [0.25, 0.3) is 22.0 Å². The predicted molar refractivity (Wildman–Crippen MR) is 146 cm³/mol. The Hall–Kier alpha value is -5.03. The highest BCUT2D eigenvalue weighted by Gasteiger charge is 2.15. The van der Waals surface area contributed by atoms with Gasteiger partial charge in [0.1, 0.15) is 5.82 Å². The second kappa shape index (κ2) is 15.3. The van der Waals surface area contributed by atoms with Crippen LogP contribution in [0.4, 0.5) is 5.82 Å². The van der Waals surface area contributed by atoms with E-state index in [4.69, 9.17) is 25.4 Å². The van der Waals surface area contributed by atoms with Gasteiger partial charge in [-0.15, -0.1) is 0 Å².